The van der Waals surface area contributed by atoms with E-state index in [-0.39, 0.29) is 5.43 Å². The molecule has 0 saturated carbocycles. The summed E-state index contributed by atoms with van der Waals surface area (Å²) >= 11 is 0. The average molecular weight is 316 g/mol. The lowest BCUT2D eigenvalue weighted by atomic mass is 10.1. The van der Waals surface area contributed by atoms with Crippen LogP contribution >= 0.6 is 0 Å². The van der Waals surface area contributed by atoms with E-state index >= 15 is 0 Å². The Hall–Kier alpha value is -2.40. The number of hydrogen-bond donors (Lipinski definition) is 0. The summed E-state index contributed by atoms with van der Waals surface area (Å²) in [5.74, 6) is 0.606. The van der Waals surface area contributed by atoms with Crippen LogP contribution in [-0.2, 0) is 9.84 Å². The van der Waals surface area contributed by atoms with Crippen LogP contribution in [-0.4, -0.2) is 20.9 Å². The van der Waals surface area contributed by atoms with Gasteiger partial charge in [0.1, 0.15) is 21.2 Å². The Bertz CT molecular complexity index is 918. The minimum Gasteiger partial charge on any atom is -0.456 e. The molecule has 0 aliphatic rings. The van der Waals surface area contributed by atoms with Gasteiger partial charge in [-0.05, 0) is 12.1 Å². The number of hydrogen-bond acceptors (Lipinski definition) is 4. The van der Waals surface area contributed by atoms with Crippen molar-refractivity contribution in [3.8, 4) is 11.3 Å². The standard InChI is InChI=1S/C15H10O2.C2H6O2S/c16-13-10-15(11-6-2-1-3-7-11)17-14-9-5-4-8-12(13)14;1-5(2,3)4/h1-10H;1-2H3. The summed E-state index contributed by atoms with van der Waals surface area (Å²) < 4.78 is 25.0. The van der Waals surface area contributed by atoms with Gasteiger partial charge in [-0.1, -0.05) is 42.5 Å². The molecule has 0 spiro atoms. The fourth-order valence-corrected chi connectivity index (χ4v) is 1.85. The van der Waals surface area contributed by atoms with Crippen LogP contribution in [0.3, 0.4) is 0 Å². The van der Waals surface area contributed by atoms with Crippen LogP contribution in [0.4, 0.5) is 0 Å². The molecule has 3 rings (SSSR count). The van der Waals surface area contributed by atoms with Gasteiger partial charge in [-0.3, -0.25) is 4.79 Å². The molecule has 0 aliphatic carbocycles. The van der Waals surface area contributed by atoms with Crippen molar-refractivity contribution < 1.29 is 12.8 Å². The molecule has 0 saturated heterocycles. The van der Waals surface area contributed by atoms with Crippen molar-refractivity contribution in [2.24, 2.45) is 0 Å². The Balaban J connectivity index is 0.000000309. The first-order valence-electron chi connectivity index (χ1n) is 6.58. The van der Waals surface area contributed by atoms with Crippen molar-refractivity contribution in [2.75, 3.05) is 12.5 Å². The smallest absolute Gasteiger partial charge is 0.193 e. The molecule has 5 heteroatoms. The van der Waals surface area contributed by atoms with E-state index in [1.54, 1.807) is 6.07 Å². The van der Waals surface area contributed by atoms with Gasteiger partial charge in [0, 0.05) is 24.1 Å². The van der Waals surface area contributed by atoms with Crippen LogP contribution in [0.5, 0.6) is 0 Å². The normalized spacial score (nSPS) is 10.8. The topological polar surface area (TPSA) is 64.3 Å². The molecule has 0 unspecified atom stereocenters. The van der Waals surface area contributed by atoms with Gasteiger partial charge in [-0.2, -0.15) is 0 Å². The van der Waals surface area contributed by atoms with Crippen molar-refractivity contribution >= 4 is 20.8 Å². The highest BCUT2D eigenvalue weighted by Gasteiger charge is 2.05. The number of rotatable bonds is 1. The summed E-state index contributed by atoms with van der Waals surface area (Å²) in [5, 5.41) is 0.618. The molecule has 1 aromatic heterocycles. The molecular formula is C17H16O4S. The van der Waals surface area contributed by atoms with E-state index in [0.29, 0.717) is 16.7 Å². The lowest BCUT2D eigenvalue weighted by Crippen LogP contribution is -1.99. The molecule has 0 radical (unpaired) electrons. The zero-order valence-electron chi connectivity index (χ0n) is 12.3. The molecule has 0 aliphatic heterocycles. The van der Waals surface area contributed by atoms with Crippen molar-refractivity contribution in [1.82, 2.24) is 0 Å². The summed E-state index contributed by atoms with van der Waals surface area (Å²) in [5.41, 5.74) is 1.53. The Morgan fingerprint density at radius 3 is 2.05 bits per heavy atom. The lowest BCUT2D eigenvalue weighted by molar-refractivity contribution is 0.607. The van der Waals surface area contributed by atoms with Crippen LogP contribution in [0.15, 0.2) is 69.9 Å². The predicted molar refractivity (Wildman–Crippen MR) is 88.7 cm³/mol. The average Bonchev–Trinajstić information content (AvgIpc) is 2.46. The van der Waals surface area contributed by atoms with E-state index in [4.69, 9.17) is 4.42 Å². The Kier molecular flexibility index (Phi) is 4.78. The maximum absolute atomic E-state index is 11.9. The zero-order valence-corrected chi connectivity index (χ0v) is 13.1. The number of sulfone groups is 1. The van der Waals surface area contributed by atoms with Gasteiger partial charge in [0.05, 0.1) is 5.39 Å². The van der Waals surface area contributed by atoms with Gasteiger partial charge >= 0.3 is 0 Å². The molecule has 1 heterocycles. The molecule has 22 heavy (non-hydrogen) atoms. The summed E-state index contributed by atoms with van der Waals surface area (Å²) in [6.45, 7) is 0. The minimum absolute atomic E-state index is 0.00861. The maximum atomic E-state index is 11.9. The third-order valence-corrected chi connectivity index (χ3v) is 2.69. The Morgan fingerprint density at radius 2 is 1.41 bits per heavy atom. The van der Waals surface area contributed by atoms with E-state index in [0.717, 1.165) is 18.1 Å². The SMILES string of the molecule is CS(C)(=O)=O.O=c1cc(-c2ccccc2)oc2ccccc12. The number of para-hydroxylation sites is 1. The molecule has 0 atom stereocenters. The monoisotopic (exact) mass is 316 g/mol. The first-order chi connectivity index (χ1) is 10.3. The number of benzene rings is 2. The zero-order chi connectivity index (χ0) is 16.2. The molecule has 3 aromatic rings. The number of fused-ring (bicyclic) bond motifs is 1. The maximum Gasteiger partial charge on any atom is 0.193 e. The van der Waals surface area contributed by atoms with E-state index in [1.165, 1.54) is 6.07 Å². The van der Waals surface area contributed by atoms with Crippen LogP contribution in [0.1, 0.15) is 0 Å². The van der Waals surface area contributed by atoms with Crippen molar-refractivity contribution in [3.05, 3.63) is 70.9 Å². The Labute approximate surface area is 128 Å². The molecule has 0 amide bonds. The molecular weight excluding hydrogens is 300 g/mol. The molecule has 2 aromatic carbocycles. The second-order valence-corrected chi connectivity index (χ2v) is 7.27. The van der Waals surface area contributed by atoms with Gasteiger partial charge in [0.15, 0.2) is 5.43 Å². The summed E-state index contributed by atoms with van der Waals surface area (Å²) in [7, 11) is -2.67. The van der Waals surface area contributed by atoms with E-state index in [2.05, 4.69) is 0 Å². The largest absolute Gasteiger partial charge is 0.456 e. The summed E-state index contributed by atoms with van der Waals surface area (Å²) in [4.78, 5) is 11.9. The molecule has 114 valence electrons. The highest BCUT2D eigenvalue weighted by atomic mass is 32.2. The second kappa shape index (κ2) is 6.58. The quantitative estimate of drug-likeness (QED) is 0.692. The van der Waals surface area contributed by atoms with Crippen molar-refractivity contribution in [1.29, 1.82) is 0 Å². The fourth-order valence-electron chi connectivity index (χ4n) is 1.85. The molecule has 0 fully saturated rings. The van der Waals surface area contributed by atoms with Gasteiger partial charge in [-0.25, -0.2) is 8.42 Å². The molecule has 0 N–H and O–H groups in total. The Morgan fingerprint density at radius 1 is 0.864 bits per heavy atom. The van der Waals surface area contributed by atoms with Crippen molar-refractivity contribution in [2.45, 2.75) is 0 Å². The van der Waals surface area contributed by atoms with Crippen molar-refractivity contribution in [3.63, 3.8) is 0 Å². The predicted octanol–water partition coefficient (Wildman–Crippen LogP) is 3.12. The minimum atomic E-state index is -2.67. The van der Waals surface area contributed by atoms with Gasteiger partial charge in [0.25, 0.3) is 0 Å². The third-order valence-electron chi connectivity index (χ3n) is 2.69. The van der Waals surface area contributed by atoms with Gasteiger partial charge in [0.2, 0.25) is 0 Å². The summed E-state index contributed by atoms with van der Waals surface area (Å²) in [6.07, 6.45) is 2.32. The van der Waals surface area contributed by atoms with Crippen LogP contribution in [0.25, 0.3) is 22.3 Å². The van der Waals surface area contributed by atoms with E-state index in [1.807, 2.05) is 48.5 Å². The molecule has 0 bridgehead atoms. The van der Waals surface area contributed by atoms with E-state index in [9.17, 15) is 13.2 Å². The highest BCUT2D eigenvalue weighted by molar-refractivity contribution is 7.89. The van der Waals surface area contributed by atoms with Gasteiger partial charge in [-0.15, -0.1) is 0 Å². The fraction of sp³-hybridized carbons (Fsp3) is 0.118. The highest BCUT2D eigenvalue weighted by Crippen LogP contribution is 2.21. The summed E-state index contributed by atoms with van der Waals surface area (Å²) in [6, 6.07) is 18.4. The van der Waals surface area contributed by atoms with Crippen LogP contribution in [0.2, 0.25) is 0 Å². The van der Waals surface area contributed by atoms with Crippen LogP contribution in [0, 0.1) is 0 Å². The van der Waals surface area contributed by atoms with Gasteiger partial charge < -0.3 is 4.42 Å². The first kappa shape index (κ1) is 16.0. The second-order valence-electron chi connectivity index (χ2n) is 4.98. The first-order valence-corrected chi connectivity index (χ1v) is 8.88. The third kappa shape index (κ3) is 4.56. The lowest BCUT2D eigenvalue weighted by Gasteiger charge is -2.02. The van der Waals surface area contributed by atoms with Crippen LogP contribution < -0.4 is 5.43 Å². The molecule has 4 nitrogen and oxygen atoms in total. The van der Waals surface area contributed by atoms with E-state index < -0.39 is 9.84 Å².